The highest BCUT2D eigenvalue weighted by Crippen LogP contribution is 2.43. The first-order valence-corrected chi connectivity index (χ1v) is 36.1. The number of phosphoric acid groups is 1. The highest BCUT2D eigenvalue weighted by molar-refractivity contribution is 7.47. The Morgan fingerprint density at radius 1 is 0.432 bits per heavy atom. The molecule has 474 valence electrons. The van der Waals surface area contributed by atoms with E-state index in [4.69, 9.17) is 13.8 Å². The second kappa shape index (κ2) is 60.8. The summed E-state index contributed by atoms with van der Waals surface area (Å²) in [5.74, 6) is -0.501. The molecule has 0 aromatic carbocycles. The van der Waals surface area contributed by atoms with E-state index in [1.165, 1.54) is 225 Å². The molecule has 2 N–H and O–H groups in total. The Hall–Kier alpha value is -2.29. The van der Waals surface area contributed by atoms with Crippen molar-refractivity contribution in [1.82, 2.24) is 5.32 Å². The van der Waals surface area contributed by atoms with Crippen molar-refractivity contribution in [2.24, 2.45) is 0 Å². The highest BCUT2D eigenvalue weighted by atomic mass is 31.2. The third kappa shape index (κ3) is 62.1. The number of esters is 1. The molecule has 0 saturated heterocycles. The maximum Gasteiger partial charge on any atom is 0.472 e. The Morgan fingerprint density at radius 3 is 1.16 bits per heavy atom. The smallest absolute Gasteiger partial charge is 0.456 e. The van der Waals surface area contributed by atoms with Gasteiger partial charge >= 0.3 is 13.8 Å². The van der Waals surface area contributed by atoms with Crippen molar-refractivity contribution < 1.29 is 37.3 Å². The summed E-state index contributed by atoms with van der Waals surface area (Å²) in [5, 5.41) is 3.07. The Bertz CT molecular complexity index is 1570. The van der Waals surface area contributed by atoms with Gasteiger partial charge in [-0.1, -0.05) is 281 Å². The fraction of sp³-hybridized carbons (Fsp3) is 0.831. The number of amides is 1. The first kappa shape index (κ1) is 78.7. The minimum atomic E-state index is -4.46. The number of quaternary nitrogens is 1. The summed E-state index contributed by atoms with van der Waals surface area (Å²) in [5.41, 5.74) is 0. The number of ether oxygens (including phenoxy) is 1. The van der Waals surface area contributed by atoms with Gasteiger partial charge in [0, 0.05) is 12.8 Å². The third-order valence-corrected chi connectivity index (χ3v) is 16.4. The summed E-state index contributed by atoms with van der Waals surface area (Å²) >= 11 is 0. The van der Waals surface area contributed by atoms with E-state index in [1.54, 1.807) is 0 Å². The lowest BCUT2D eigenvalue weighted by Gasteiger charge is -2.27. The molecule has 9 nitrogen and oxygen atoms in total. The molecule has 0 aromatic rings. The Balaban J connectivity index is 5.16. The van der Waals surface area contributed by atoms with Crippen molar-refractivity contribution in [2.45, 2.75) is 341 Å². The van der Waals surface area contributed by atoms with E-state index in [2.05, 4.69) is 74.7 Å². The van der Waals surface area contributed by atoms with E-state index in [1.807, 2.05) is 33.3 Å². The van der Waals surface area contributed by atoms with Gasteiger partial charge in [-0.05, 0) is 96.0 Å². The molecule has 0 radical (unpaired) electrons. The molecule has 1 amide bonds. The Kier molecular flexibility index (Phi) is 59.1. The number of carbonyl (C=O) groups is 2. The average Bonchev–Trinajstić information content (AvgIpc) is 3.44. The lowest BCUT2D eigenvalue weighted by molar-refractivity contribution is -0.870. The van der Waals surface area contributed by atoms with Crippen LogP contribution in [0, 0.1) is 0 Å². The molecule has 3 unspecified atom stereocenters. The van der Waals surface area contributed by atoms with Gasteiger partial charge in [0.2, 0.25) is 5.91 Å². The molecule has 3 atom stereocenters. The molecule has 0 spiro atoms. The van der Waals surface area contributed by atoms with Gasteiger partial charge in [0.25, 0.3) is 0 Å². The molecule has 0 aliphatic heterocycles. The summed E-state index contributed by atoms with van der Waals surface area (Å²) in [4.78, 5) is 37.9. The summed E-state index contributed by atoms with van der Waals surface area (Å²) in [6, 6.07) is -0.853. The average molecular weight is 1160 g/mol. The van der Waals surface area contributed by atoms with E-state index in [9.17, 15) is 19.0 Å². The Labute approximate surface area is 502 Å². The molecule has 0 aromatic heterocycles. The lowest BCUT2D eigenvalue weighted by Crippen LogP contribution is -2.47. The van der Waals surface area contributed by atoms with E-state index in [0.29, 0.717) is 17.4 Å². The molecular weight excluding hydrogens is 1020 g/mol. The monoisotopic (exact) mass is 1160 g/mol. The minimum absolute atomic E-state index is 0.0389. The van der Waals surface area contributed by atoms with Crippen LogP contribution in [-0.2, 0) is 27.9 Å². The van der Waals surface area contributed by atoms with Crippen molar-refractivity contribution in [3.05, 3.63) is 60.8 Å². The standard InChI is InChI=1S/C71H133N2O7P/c1-7-10-13-16-19-22-25-28-30-32-34-35-36-37-39-40-42-45-48-51-54-57-60-63-70(74)72-68(67-79-81(76,77)78-66-65-73(4,5)6)69(62-59-56-53-50-47-44-27-24-21-18-15-12-9-3)80-71(75)64-61-58-55-52-49-46-43-41-38-33-31-29-26-23-20-17-14-11-8-2/h19,22,28-31,34-35,59,62,68-69H,7-18,20-21,23-27,32-33,36-58,60-61,63-67H2,1-6H3,(H-,72,74,76,77)/p+1/b22-19-,30-28-,31-29+,35-34-,62-59-. The van der Waals surface area contributed by atoms with Crippen molar-refractivity contribution in [2.75, 3.05) is 40.9 Å². The quantitative estimate of drug-likeness (QED) is 0.0205. The molecule has 0 saturated carbocycles. The number of likely N-dealkylation sites (N-methyl/N-ethyl adjacent to an activating group) is 1. The van der Waals surface area contributed by atoms with E-state index in [-0.39, 0.29) is 31.5 Å². The number of rotatable bonds is 63. The zero-order valence-electron chi connectivity index (χ0n) is 54.3. The molecule has 0 bridgehead atoms. The summed E-state index contributed by atoms with van der Waals surface area (Å²) < 4.78 is 30.8. The van der Waals surface area contributed by atoms with Crippen LogP contribution in [0.25, 0.3) is 0 Å². The van der Waals surface area contributed by atoms with Gasteiger partial charge in [-0.3, -0.25) is 18.6 Å². The maximum absolute atomic E-state index is 13.6. The predicted octanol–water partition coefficient (Wildman–Crippen LogP) is 21.8. The molecule has 0 fully saturated rings. The van der Waals surface area contributed by atoms with Gasteiger partial charge in [-0.15, -0.1) is 0 Å². The number of unbranched alkanes of at least 4 members (excludes halogenated alkanes) is 39. The van der Waals surface area contributed by atoms with Crippen LogP contribution in [0.4, 0.5) is 0 Å². The van der Waals surface area contributed by atoms with Gasteiger partial charge in [-0.25, -0.2) is 4.57 Å². The first-order valence-electron chi connectivity index (χ1n) is 34.6. The van der Waals surface area contributed by atoms with E-state index >= 15 is 0 Å². The topological polar surface area (TPSA) is 111 Å². The molecule has 81 heavy (non-hydrogen) atoms. The summed E-state index contributed by atoms with van der Waals surface area (Å²) in [7, 11) is 1.50. The Morgan fingerprint density at radius 2 is 0.753 bits per heavy atom. The van der Waals surface area contributed by atoms with Gasteiger partial charge in [0.05, 0.1) is 33.8 Å². The van der Waals surface area contributed by atoms with Crippen molar-refractivity contribution >= 4 is 19.7 Å². The molecule has 10 heteroatoms. The fourth-order valence-corrected chi connectivity index (χ4v) is 10.8. The van der Waals surface area contributed by atoms with Gasteiger partial charge in [0.1, 0.15) is 19.3 Å². The van der Waals surface area contributed by atoms with Gasteiger partial charge in [-0.2, -0.15) is 0 Å². The van der Waals surface area contributed by atoms with Crippen molar-refractivity contribution in [3.63, 3.8) is 0 Å². The van der Waals surface area contributed by atoms with Crippen LogP contribution in [0.15, 0.2) is 60.8 Å². The zero-order valence-corrected chi connectivity index (χ0v) is 55.2. The lowest BCUT2D eigenvalue weighted by atomic mass is 10.0. The largest absolute Gasteiger partial charge is 0.472 e. The predicted molar refractivity (Wildman–Crippen MR) is 351 cm³/mol. The SMILES string of the molecule is CCCCC/C=C\C/C=C\C/C=C\CCCCCCCCCCCCC(=O)NC(COP(=O)(O)OCC[N+](C)(C)C)C(/C=C\CCCCCCCCCCCCC)OC(=O)CCCCCCCCCCC/C=C/CCCCCCCC. The first-order chi connectivity index (χ1) is 39.4. The number of carbonyl (C=O) groups excluding carboxylic acids is 2. The van der Waals surface area contributed by atoms with E-state index < -0.39 is 20.0 Å². The van der Waals surface area contributed by atoms with Crippen LogP contribution >= 0.6 is 7.82 Å². The molecule has 0 aliphatic rings. The molecule has 0 heterocycles. The summed E-state index contributed by atoms with van der Waals surface area (Å²) in [6.45, 7) is 7.02. The molecular formula is C71H134N2O7P+. The number of hydrogen-bond acceptors (Lipinski definition) is 6. The number of hydrogen-bond donors (Lipinski definition) is 2. The number of phosphoric ester groups is 1. The zero-order chi connectivity index (χ0) is 59.3. The molecule has 0 aliphatic carbocycles. The van der Waals surface area contributed by atoms with Crippen molar-refractivity contribution in [3.8, 4) is 0 Å². The maximum atomic E-state index is 13.6. The number of nitrogens with one attached hydrogen (secondary N) is 1. The third-order valence-electron chi connectivity index (χ3n) is 15.4. The molecule has 0 rings (SSSR count). The number of nitrogens with zero attached hydrogens (tertiary/aromatic N) is 1. The highest BCUT2D eigenvalue weighted by Gasteiger charge is 2.30. The van der Waals surface area contributed by atoms with Crippen LogP contribution in [0.1, 0.15) is 329 Å². The van der Waals surface area contributed by atoms with Gasteiger partial charge < -0.3 is 19.4 Å². The summed E-state index contributed by atoms with van der Waals surface area (Å²) in [6.07, 6.45) is 77.9. The minimum Gasteiger partial charge on any atom is -0.456 e. The van der Waals surface area contributed by atoms with Gasteiger partial charge in [0.15, 0.2) is 0 Å². The van der Waals surface area contributed by atoms with Crippen molar-refractivity contribution in [1.29, 1.82) is 0 Å². The van der Waals surface area contributed by atoms with Crippen LogP contribution in [0.2, 0.25) is 0 Å². The second-order valence-electron chi connectivity index (χ2n) is 24.7. The van der Waals surface area contributed by atoms with E-state index in [0.717, 1.165) is 70.6 Å². The van der Waals surface area contributed by atoms with Crippen LogP contribution < -0.4 is 5.32 Å². The fourth-order valence-electron chi connectivity index (χ4n) is 10.1. The number of allylic oxidation sites excluding steroid dienone is 9. The second-order valence-corrected chi connectivity index (χ2v) is 26.1. The van der Waals surface area contributed by atoms with Crippen LogP contribution in [0.3, 0.4) is 0 Å². The van der Waals surface area contributed by atoms with Crippen LogP contribution in [0.5, 0.6) is 0 Å². The normalized spacial score (nSPS) is 13.9. The van der Waals surface area contributed by atoms with Crippen LogP contribution in [-0.4, -0.2) is 74.3 Å².